The van der Waals surface area contributed by atoms with Gasteiger partial charge in [0.1, 0.15) is 5.82 Å². The number of aromatic nitrogens is 4. The Morgan fingerprint density at radius 1 is 1.06 bits per heavy atom. The Kier molecular flexibility index (Phi) is 7.57. The summed E-state index contributed by atoms with van der Waals surface area (Å²) in [5.74, 6) is 0.207. The molecule has 0 unspecified atom stereocenters. The Balaban J connectivity index is 1.45. The minimum Gasteiger partial charge on any atom is -0.329 e. The van der Waals surface area contributed by atoms with E-state index in [1.54, 1.807) is 21.5 Å². The average molecular weight is 582 g/mol. The molecule has 4 aromatic rings. The van der Waals surface area contributed by atoms with Gasteiger partial charge in [-0.25, -0.2) is 4.39 Å². The molecule has 0 aliphatic carbocycles. The molecule has 0 amide bonds. The van der Waals surface area contributed by atoms with Crippen molar-refractivity contribution in [1.29, 1.82) is 0 Å². The minimum absolute atomic E-state index is 0.209. The molecular formula is C23H20BrCl2FN6S. The van der Waals surface area contributed by atoms with Crippen molar-refractivity contribution in [3.05, 3.63) is 91.5 Å². The van der Waals surface area contributed by atoms with Crippen LogP contribution in [0.3, 0.4) is 0 Å². The van der Waals surface area contributed by atoms with Gasteiger partial charge in [-0.2, -0.15) is 10.2 Å². The molecule has 34 heavy (non-hydrogen) atoms. The summed E-state index contributed by atoms with van der Waals surface area (Å²) in [6, 6.07) is 12.2. The van der Waals surface area contributed by atoms with Crippen molar-refractivity contribution in [1.82, 2.24) is 19.6 Å². The van der Waals surface area contributed by atoms with Gasteiger partial charge in [-0.1, -0.05) is 41.4 Å². The van der Waals surface area contributed by atoms with Crippen molar-refractivity contribution in [3.63, 3.8) is 0 Å². The second kappa shape index (κ2) is 10.4. The van der Waals surface area contributed by atoms with Crippen LogP contribution >= 0.6 is 51.3 Å². The lowest BCUT2D eigenvalue weighted by molar-refractivity contribution is 0.579. The normalized spacial score (nSPS) is 11.0. The number of hydrogen-bond donors (Lipinski definition) is 2. The van der Waals surface area contributed by atoms with E-state index in [9.17, 15) is 4.39 Å². The first-order valence-electron chi connectivity index (χ1n) is 10.2. The highest BCUT2D eigenvalue weighted by Gasteiger charge is 2.17. The van der Waals surface area contributed by atoms with Gasteiger partial charge >= 0.3 is 0 Å². The number of halogens is 4. The molecule has 0 fully saturated rings. The zero-order chi connectivity index (χ0) is 24.4. The third-order valence-corrected chi connectivity index (χ3v) is 6.59. The molecule has 2 aromatic heterocycles. The highest BCUT2D eigenvalue weighted by atomic mass is 79.9. The van der Waals surface area contributed by atoms with Crippen molar-refractivity contribution < 1.29 is 4.39 Å². The van der Waals surface area contributed by atoms with Crippen molar-refractivity contribution >= 4 is 68.0 Å². The minimum atomic E-state index is -0.370. The van der Waals surface area contributed by atoms with Gasteiger partial charge < -0.3 is 10.6 Å². The second-order valence-corrected chi connectivity index (χ2v) is 9.74. The fourth-order valence-electron chi connectivity index (χ4n) is 3.46. The molecule has 0 aliphatic heterocycles. The van der Waals surface area contributed by atoms with E-state index in [4.69, 9.17) is 35.4 Å². The Morgan fingerprint density at radius 2 is 1.79 bits per heavy atom. The highest BCUT2D eigenvalue weighted by molar-refractivity contribution is 9.10. The van der Waals surface area contributed by atoms with E-state index in [0.717, 1.165) is 27.1 Å². The Labute approximate surface area is 220 Å². The summed E-state index contributed by atoms with van der Waals surface area (Å²) in [5, 5.41) is 16.8. The predicted octanol–water partition coefficient (Wildman–Crippen LogP) is 6.81. The molecule has 0 saturated carbocycles. The summed E-state index contributed by atoms with van der Waals surface area (Å²) in [6.45, 7) is 4.53. The van der Waals surface area contributed by atoms with Gasteiger partial charge in [0, 0.05) is 21.8 Å². The lowest BCUT2D eigenvalue weighted by atomic mass is 10.2. The van der Waals surface area contributed by atoms with Gasteiger partial charge in [-0.15, -0.1) is 0 Å². The number of anilines is 2. The smallest absolute Gasteiger partial charge is 0.176 e. The molecule has 2 N–H and O–H groups in total. The quantitative estimate of drug-likeness (QED) is 0.245. The van der Waals surface area contributed by atoms with E-state index in [0.29, 0.717) is 33.1 Å². The van der Waals surface area contributed by atoms with Crippen LogP contribution in [0.4, 0.5) is 15.9 Å². The van der Waals surface area contributed by atoms with Crippen LogP contribution in [0.15, 0.2) is 53.1 Å². The lowest BCUT2D eigenvalue weighted by Gasteiger charge is -2.11. The van der Waals surface area contributed by atoms with E-state index < -0.39 is 0 Å². The first-order chi connectivity index (χ1) is 16.2. The number of nitrogens with zero attached hydrogens (tertiary/aromatic N) is 4. The fourth-order valence-corrected chi connectivity index (χ4v) is 4.42. The maximum absolute atomic E-state index is 14.2. The van der Waals surface area contributed by atoms with Crippen molar-refractivity contribution in [3.8, 4) is 0 Å². The van der Waals surface area contributed by atoms with Gasteiger partial charge in [-0.3, -0.25) is 9.36 Å². The third-order valence-electron chi connectivity index (χ3n) is 5.20. The van der Waals surface area contributed by atoms with E-state index >= 15 is 0 Å². The van der Waals surface area contributed by atoms with E-state index in [-0.39, 0.29) is 12.4 Å². The predicted molar refractivity (Wildman–Crippen MR) is 143 cm³/mol. The van der Waals surface area contributed by atoms with Gasteiger partial charge in [-0.05, 0) is 71.8 Å². The van der Waals surface area contributed by atoms with Gasteiger partial charge in [0.25, 0.3) is 0 Å². The van der Waals surface area contributed by atoms with Gasteiger partial charge in [0.2, 0.25) is 0 Å². The van der Waals surface area contributed by atoms with Gasteiger partial charge in [0.15, 0.2) is 10.9 Å². The Hall–Kier alpha value is -2.46. The van der Waals surface area contributed by atoms with Crippen LogP contribution in [0.2, 0.25) is 10.0 Å². The highest BCUT2D eigenvalue weighted by Crippen LogP contribution is 2.26. The first-order valence-corrected chi connectivity index (χ1v) is 12.2. The summed E-state index contributed by atoms with van der Waals surface area (Å²) in [7, 11) is 0. The van der Waals surface area contributed by atoms with Crippen LogP contribution in [0.25, 0.3) is 0 Å². The van der Waals surface area contributed by atoms with Crippen LogP contribution in [-0.4, -0.2) is 24.7 Å². The second-order valence-electron chi connectivity index (χ2n) is 7.63. The number of hydrogen-bond acceptors (Lipinski definition) is 3. The molecule has 0 aliphatic rings. The summed E-state index contributed by atoms with van der Waals surface area (Å²) in [6.07, 6.45) is 1.87. The number of benzene rings is 2. The lowest BCUT2D eigenvalue weighted by Crippen LogP contribution is -2.20. The third kappa shape index (κ3) is 5.60. The zero-order valence-electron chi connectivity index (χ0n) is 18.2. The van der Waals surface area contributed by atoms with Crippen LogP contribution in [0, 0.1) is 19.7 Å². The molecule has 0 bridgehead atoms. The van der Waals surface area contributed by atoms with Crippen molar-refractivity contribution in [2.24, 2.45) is 0 Å². The number of thiocarbonyl (C=S) groups is 1. The molecule has 176 valence electrons. The summed E-state index contributed by atoms with van der Waals surface area (Å²) >= 11 is 21.2. The molecular weight excluding hydrogens is 562 g/mol. The first kappa shape index (κ1) is 24.7. The fraction of sp³-hybridized carbons (Fsp3) is 0.174. The SMILES string of the molecule is Cc1nn(Cc2c(F)cccc2Cl)c(C)c1NC(=S)Nc1nn(Cc2ccc(Cl)cc2)cc1Br. The average Bonchev–Trinajstić information content (AvgIpc) is 3.25. The summed E-state index contributed by atoms with van der Waals surface area (Å²) < 4.78 is 18.5. The van der Waals surface area contributed by atoms with Crippen molar-refractivity contribution in [2.45, 2.75) is 26.9 Å². The maximum atomic E-state index is 14.2. The largest absolute Gasteiger partial charge is 0.329 e. The Morgan fingerprint density at radius 3 is 2.50 bits per heavy atom. The van der Waals surface area contributed by atoms with Crippen LogP contribution in [0.5, 0.6) is 0 Å². The molecule has 2 heterocycles. The summed E-state index contributed by atoms with van der Waals surface area (Å²) in [5.41, 5.74) is 3.72. The number of aryl methyl sites for hydroxylation is 1. The molecule has 0 spiro atoms. The maximum Gasteiger partial charge on any atom is 0.176 e. The molecule has 11 heteroatoms. The molecule has 0 atom stereocenters. The molecule has 4 rings (SSSR count). The van der Waals surface area contributed by atoms with Crippen molar-refractivity contribution in [2.75, 3.05) is 10.6 Å². The van der Waals surface area contributed by atoms with E-state index in [1.165, 1.54) is 6.07 Å². The summed E-state index contributed by atoms with van der Waals surface area (Å²) in [4.78, 5) is 0. The Bertz CT molecular complexity index is 1330. The zero-order valence-corrected chi connectivity index (χ0v) is 22.2. The monoisotopic (exact) mass is 580 g/mol. The van der Waals surface area contributed by atoms with Crippen LogP contribution in [0.1, 0.15) is 22.5 Å². The molecule has 0 saturated heterocycles. The van der Waals surface area contributed by atoms with Crippen LogP contribution < -0.4 is 10.6 Å². The molecule has 6 nitrogen and oxygen atoms in total. The van der Waals surface area contributed by atoms with Gasteiger partial charge in [0.05, 0.1) is 34.6 Å². The number of nitrogens with one attached hydrogen (secondary N) is 2. The van der Waals surface area contributed by atoms with E-state index in [1.807, 2.05) is 44.3 Å². The van der Waals surface area contributed by atoms with E-state index in [2.05, 4.69) is 36.8 Å². The van der Waals surface area contributed by atoms with Crippen LogP contribution in [-0.2, 0) is 13.1 Å². The topological polar surface area (TPSA) is 59.7 Å². The molecule has 0 radical (unpaired) electrons. The standard InChI is InChI=1S/C23H20BrCl2FN6S/c1-13-21(14(2)33(30-13)11-17-19(26)4-3-5-20(17)27)28-23(34)29-22-18(24)12-32(31-22)10-15-6-8-16(25)9-7-15/h3-9,12H,10-11H2,1-2H3,(H2,28,29,31,34). The molecule has 2 aromatic carbocycles. The number of rotatable bonds is 6.